The second-order valence-corrected chi connectivity index (χ2v) is 6.69. The van der Waals surface area contributed by atoms with Crippen LogP contribution in [0.4, 0.5) is 9.59 Å². The maximum Gasteiger partial charge on any atom is 0.407 e. The van der Waals surface area contributed by atoms with E-state index in [0.29, 0.717) is 12.2 Å². The van der Waals surface area contributed by atoms with Gasteiger partial charge in [0.15, 0.2) is 0 Å². The molecule has 0 aliphatic rings. The summed E-state index contributed by atoms with van der Waals surface area (Å²) < 4.78 is 5.24. The Morgan fingerprint density at radius 1 is 1.29 bits per heavy atom. The number of carbonyl (C=O) groups excluding carboxylic acids is 2. The lowest BCUT2D eigenvalue weighted by Crippen LogP contribution is -2.42. The number of ether oxygens (including phenoxy) is 1. The quantitative estimate of drug-likeness (QED) is 0.876. The molecule has 0 saturated heterocycles. The molecule has 0 saturated carbocycles. The van der Waals surface area contributed by atoms with Crippen molar-refractivity contribution in [1.29, 1.82) is 0 Å². The SMILES string of the molecule is CC(C)(C)OC(=O)NC(CSC(N)=O)Cc1ccccc1. The first-order valence-electron chi connectivity index (χ1n) is 6.72. The molecule has 1 aromatic carbocycles. The van der Waals surface area contributed by atoms with Crippen LogP contribution in [-0.4, -0.2) is 28.7 Å². The van der Waals surface area contributed by atoms with Crippen molar-refractivity contribution in [2.24, 2.45) is 5.73 Å². The summed E-state index contributed by atoms with van der Waals surface area (Å²) in [5, 5.41) is 2.33. The van der Waals surface area contributed by atoms with Crippen LogP contribution in [0.1, 0.15) is 26.3 Å². The van der Waals surface area contributed by atoms with Gasteiger partial charge in [0.25, 0.3) is 5.24 Å². The molecule has 6 heteroatoms. The minimum absolute atomic E-state index is 0.222. The van der Waals surface area contributed by atoms with Crippen molar-refractivity contribution >= 4 is 23.1 Å². The predicted molar refractivity (Wildman–Crippen MR) is 85.3 cm³/mol. The van der Waals surface area contributed by atoms with Crippen LogP contribution in [0.2, 0.25) is 0 Å². The lowest BCUT2D eigenvalue weighted by atomic mass is 10.1. The van der Waals surface area contributed by atoms with Gasteiger partial charge in [-0.2, -0.15) is 0 Å². The van der Waals surface area contributed by atoms with Gasteiger partial charge in [-0.15, -0.1) is 0 Å². The number of amides is 2. The topological polar surface area (TPSA) is 81.4 Å². The molecular weight excluding hydrogens is 288 g/mol. The third kappa shape index (κ3) is 8.24. The van der Waals surface area contributed by atoms with Crippen molar-refractivity contribution in [2.75, 3.05) is 5.75 Å². The molecule has 5 nitrogen and oxygen atoms in total. The molecule has 1 unspecified atom stereocenters. The van der Waals surface area contributed by atoms with Crippen molar-refractivity contribution in [3.63, 3.8) is 0 Å². The summed E-state index contributed by atoms with van der Waals surface area (Å²) in [7, 11) is 0. The number of rotatable bonds is 5. The van der Waals surface area contributed by atoms with Gasteiger partial charge in [-0.05, 0) is 32.8 Å². The van der Waals surface area contributed by atoms with E-state index in [9.17, 15) is 9.59 Å². The first kappa shape index (κ1) is 17.4. The normalized spacial score (nSPS) is 12.5. The smallest absolute Gasteiger partial charge is 0.407 e. The fraction of sp³-hybridized carbons (Fsp3) is 0.467. The van der Waals surface area contributed by atoms with Crippen molar-refractivity contribution in [2.45, 2.75) is 38.8 Å². The largest absolute Gasteiger partial charge is 0.444 e. The first-order chi connectivity index (χ1) is 9.76. The van der Waals surface area contributed by atoms with E-state index in [1.54, 1.807) is 20.8 Å². The number of hydrogen-bond acceptors (Lipinski definition) is 4. The molecule has 1 aromatic rings. The lowest BCUT2D eigenvalue weighted by Gasteiger charge is -2.23. The summed E-state index contributed by atoms with van der Waals surface area (Å²) in [6.07, 6.45) is 0.119. The maximum absolute atomic E-state index is 11.8. The Morgan fingerprint density at radius 3 is 2.43 bits per heavy atom. The highest BCUT2D eigenvalue weighted by molar-refractivity contribution is 8.13. The number of alkyl carbamates (subject to hydrolysis) is 1. The summed E-state index contributed by atoms with van der Waals surface area (Å²) in [6.45, 7) is 5.41. The zero-order valence-corrected chi connectivity index (χ0v) is 13.4. The molecule has 3 N–H and O–H groups in total. The van der Waals surface area contributed by atoms with Crippen LogP contribution in [0.3, 0.4) is 0 Å². The van der Waals surface area contributed by atoms with Gasteiger partial charge in [0.05, 0.1) is 0 Å². The van der Waals surface area contributed by atoms with E-state index < -0.39 is 16.9 Å². The molecule has 0 radical (unpaired) electrons. The Hall–Kier alpha value is -1.69. The second kappa shape index (κ2) is 7.93. The van der Waals surface area contributed by atoms with Crippen LogP contribution < -0.4 is 11.1 Å². The number of thioether (sulfide) groups is 1. The third-order valence-corrected chi connectivity index (χ3v) is 3.33. The maximum atomic E-state index is 11.8. The fourth-order valence-corrected chi connectivity index (χ4v) is 2.27. The van der Waals surface area contributed by atoms with Crippen molar-refractivity contribution in [3.05, 3.63) is 35.9 Å². The van der Waals surface area contributed by atoms with Crippen LogP contribution >= 0.6 is 11.8 Å². The monoisotopic (exact) mass is 310 g/mol. The van der Waals surface area contributed by atoms with Gasteiger partial charge in [0, 0.05) is 11.8 Å². The van der Waals surface area contributed by atoms with Crippen LogP contribution in [0.5, 0.6) is 0 Å². The van der Waals surface area contributed by atoms with E-state index in [0.717, 1.165) is 17.3 Å². The molecule has 2 amide bonds. The van der Waals surface area contributed by atoms with Crippen LogP contribution in [0.25, 0.3) is 0 Å². The molecule has 0 fully saturated rings. The Balaban J connectivity index is 2.63. The molecule has 0 spiro atoms. The van der Waals surface area contributed by atoms with E-state index >= 15 is 0 Å². The van der Waals surface area contributed by atoms with Crippen molar-refractivity contribution in [3.8, 4) is 0 Å². The Bertz CT molecular complexity index is 472. The minimum atomic E-state index is -0.557. The fourth-order valence-electron chi connectivity index (χ4n) is 1.71. The highest BCUT2D eigenvalue weighted by Crippen LogP contribution is 2.11. The summed E-state index contributed by atoms with van der Waals surface area (Å²) in [4.78, 5) is 22.8. The molecule has 0 aliphatic heterocycles. The summed E-state index contributed by atoms with van der Waals surface area (Å²) in [5.41, 5.74) is 5.66. The van der Waals surface area contributed by atoms with E-state index in [2.05, 4.69) is 5.32 Å². The van der Waals surface area contributed by atoms with Crippen molar-refractivity contribution < 1.29 is 14.3 Å². The number of hydrogen-bond donors (Lipinski definition) is 2. The summed E-state index contributed by atoms with van der Waals surface area (Å²) >= 11 is 0.987. The van der Waals surface area contributed by atoms with E-state index in [4.69, 9.17) is 10.5 Å². The number of nitrogens with one attached hydrogen (secondary N) is 1. The van der Waals surface area contributed by atoms with Crippen LogP contribution in [-0.2, 0) is 11.2 Å². The molecule has 1 rings (SSSR count). The van der Waals surface area contributed by atoms with Gasteiger partial charge in [-0.3, -0.25) is 4.79 Å². The van der Waals surface area contributed by atoms with E-state index in [1.807, 2.05) is 30.3 Å². The van der Waals surface area contributed by atoms with Crippen molar-refractivity contribution in [1.82, 2.24) is 5.32 Å². The zero-order valence-electron chi connectivity index (χ0n) is 12.6. The molecule has 116 valence electrons. The van der Waals surface area contributed by atoms with Gasteiger partial charge in [-0.1, -0.05) is 42.1 Å². The number of primary amides is 1. The Kier molecular flexibility index (Phi) is 6.55. The first-order valence-corrected chi connectivity index (χ1v) is 7.70. The Labute approximate surface area is 129 Å². The second-order valence-electron chi connectivity index (χ2n) is 5.66. The summed E-state index contributed by atoms with van der Waals surface area (Å²) in [6, 6.07) is 9.51. The standard InChI is InChI=1S/C15H22N2O3S/c1-15(2,3)20-14(19)17-12(10-21-13(16)18)9-11-7-5-4-6-8-11/h4-8,12H,9-10H2,1-3H3,(H2,16,18)(H,17,19). The molecule has 0 aromatic heterocycles. The van der Waals surface area contributed by atoms with E-state index in [-0.39, 0.29) is 6.04 Å². The van der Waals surface area contributed by atoms with Gasteiger partial charge < -0.3 is 15.8 Å². The van der Waals surface area contributed by atoms with Crippen LogP contribution in [0, 0.1) is 0 Å². The van der Waals surface area contributed by atoms with Gasteiger partial charge in [0.1, 0.15) is 5.60 Å². The molecule has 0 aliphatic carbocycles. The predicted octanol–water partition coefficient (Wildman–Crippen LogP) is 2.93. The Morgan fingerprint density at radius 2 is 1.90 bits per heavy atom. The molecular formula is C15H22N2O3S. The number of carbonyl (C=O) groups is 2. The average molecular weight is 310 g/mol. The lowest BCUT2D eigenvalue weighted by molar-refractivity contribution is 0.0509. The molecule has 0 heterocycles. The van der Waals surface area contributed by atoms with Crippen LogP contribution in [0.15, 0.2) is 30.3 Å². The highest BCUT2D eigenvalue weighted by Gasteiger charge is 2.20. The number of nitrogens with two attached hydrogens (primary N) is 1. The zero-order chi connectivity index (χ0) is 15.9. The molecule has 21 heavy (non-hydrogen) atoms. The van der Waals surface area contributed by atoms with Gasteiger partial charge in [0.2, 0.25) is 0 Å². The van der Waals surface area contributed by atoms with Gasteiger partial charge >= 0.3 is 6.09 Å². The highest BCUT2D eigenvalue weighted by atomic mass is 32.2. The third-order valence-electron chi connectivity index (χ3n) is 2.47. The van der Waals surface area contributed by atoms with E-state index in [1.165, 1.54) is 0 Å². The minimum Gasteiger partial charge on any atom is -0.444 e. The number of benzene rings is 1. The summed E-state index contributed by atoms with van der Waals surface area (Å²) in [5.74, 6) is 0.406. The van der Waals surface area contributed by atoms with Gasteiger partial charge in [-0.25, -0.2) is 4.79 Å². The average Bonchev–Trinajstić information content (AvgIpc) is 2.34. The molecule has 1 atom stereocenters. The molecule has 0 bridgehead atoms.